The number of hydrogen-bond donors (Lipinski definition) is 0. The lowest BCUT2D eigenvalue weighted by atomic mass is 9.85. The van der Waals surface area contributed by atoms with Crippen molar-refractivity contribution in [1.82, 2.24) is 0 Å². The second-order valence-corrected chi connectivity index (χ2v) is 16.4. The van der Waals surface area contributed by atoms with Crippen molar-refractivity contribution < 1.29 is 4.79 Å². The third-order valence-corrected chi connectivity index (χ3v) is 12.7. The van der Waals surface area contributed by atoms with Crippen LogP contribution in [0.4, 0.5) is 0 Å². The van der Waals surface area contributed by atoms with Crippen LogP contribution in [0.15, 0.2) is 30.3 Å². The van der Waals surface area contributed by atoms with Crippen LogP contribution >= 0.6 is 7.92 Å². The van der Waals surface area contributed by atoms with Crippen molar-refractivity contribution in [1.29, 1.82) is 0 Å². The Kier molecular flexibility index (Phi) is 7.13. The van der Waals surface area contributed by atoms with Crippen LogP contribution in [0.2, 0.25) is 0 Å². The Morgan fingerprint density at radius 3 is 1.24 bits per heavy atom. The molecule has 0 unspecified atom stereocenters. The Hall–Kier alpha value is -2.24. The van der Waals surface area contributed by atoms with E-state index in [0.717, 1.165) is 0 Å². The molecule has 1 aliphatic rings. The maximum atomic E-state index is 13.0. The van der Waals surface area contributed by atoms with E-state index in [4.69, 9.17) is 0 Å². The van der Waals surface area contributed by atoms with Crippen molar-refractivity contribution >= 4 is 19.0 Å². The van der Waals surface area contributed by atoms with Gasteiger partial charge in [0.25, 0.3) is 0 Å². The zero-order chi connectivity index (χ0) is 27.6. The number of aryl methyl sites for hydroxylation is 4. The summed E-state index contributed by atoms with van der Waals surface area (Å²) in [6.45, 7) is 27.5. The van der Waals surface area contributed by atoms with Crippen molar-refractivity contribution in [3.63, 3.8) is 0 Å². The monoisotopic (exact) mass is 512 g/mol. The minimum atomic E-state index is -0.678. The van der Waals surface area contributed by atoms with Gasteiger partial charge < -0.3 is 0 Å². The standard InChI is InChI=1S/C35H45OP/c1-20-16-21(2)25(6)31(24(20)5)29-14-13-15-30(32-26(7)22(3)17-23(4)27(32)8)33(29)37-34(9,10)18-28(36)19-35(37,11)12/h13-17H,18-19H2,1-12H3. The molecular formula is C35H45OP. The van der Waals surface area contributed by atoms with Crippen LogP contribution in [0.5, 0.6) is 0 Å². The van der Waals surface area contributed by atoms with E-state index >= 15 is 0 Å². The van der Waals surface area contributed by atoms with E-state index in [1.165, 1.54) is 72.1 Å². The molecule has 0 spiro atoms. The van der Waals surface area contributed by atoms with Gasteiger partial charge in [-0.25, -0.2) is 0 Å². The van der Waals surface area contributed by atoms with E-state index in [0.29, 0.717) is 18.6 Å². The molecule has 1 nitrogen and oxygen atoms in total. The van der Waals surface area contributed by atoms with Crippen LogP contribution in [0.3, 0.4) is 0 Å². The Morgan fingerprint density at radius 1 is 0.595 bits per heavy atom. The number of carbonyl (C=O) groups is 1. The highest BCUT2D eigenvalue weighted by Crippen LogP contribution is 2.66. The number of hydrogen-bond acceptors (Lipinski definition) is 1. The second kappa shape index (κ2) is 9.50. The van der Waals surface area contributed by atoms with E-state index in [2.05, 4.69) is 113 Å². The number of benzene rings is 3. The molecule has 0 bridgehead atoms. The molecule has 3 aromatic rings. The molecule has 196 valence electrons. The summed E-state index contributed by atoms with van der Waals surface area (Å²) in [5, 5.41) is 1.33. The van der Waals surface area contributed by atoms with E-state index in [-0.39, 0.29) is 10.3 Å². The van der Waals surface area contributed by atoms with Crippen LogP contribution in [0.1, 0.15) is 85.0 Å². The van der Waals surface area contributed by atoms with Crippen molar-refractivity contribution in [3.8, 4) is 22.3 Å². The lowest BCUT2D eigenvalue weighted by molar-refractivity contribution is -0.120. The fraction of sp³-hybridized carbons (Fsp3) is 0.457. The summed E-state index contributed by atoms with van der Waals surface area (Å²) >= 11 is 0. The minimum absolute atomic E-state index is 0.0830. The molecule has 1 fully saturated rings. The first-order valence-corrected chi connectivity index (χ1v) is 15.0. The van der Waals surface area contributed by atoms with Crippen molar-refractivity contribution in [3.05, 3.63) is 74.8 Å². The van der Waals surface area contributed by atoms with Crippen LogP contribution in [-0.4, -0.2) is 16.1 Å². The molecule has 0 N–H and O–H groups in total. The molecule has 1 heterocycles. The average molecular weight is 513 g/mol. The molecule has 1 saturated heterocycles. The SMILES string of the molecule is Cc1cc(C)c(C)c(-c2cccc(-c3c(C)c(C)cc(C)c3C)c2P2C(C)(C)CC(=O)CC2(C)C)c1C. The maximum Gasteiger partial charge on any atom is 0.134 e. The largest absolute Gasteiger partial charge is 0.300 e. The van der Waals surface area contributed by atoms with Gasteiger partial charge in [-0.05, 0) is 138 Å². The number of ketones is 1. The highest BCUT2D eigenvalue weighted by Gasteiger charge is 2.49. The molecule has 4 rings (SSSR count). The molecule has 3 aromatic carbocycles. The third-order valence-electron chi connectivity index (χ3n) is 9.00. The van der Waals surface area contributed by atoms with Crippen molar-refractivity contribution in [2.75, 3.05) is 0 Å². The molecule has 0 aromatic heterocycles. The fourth-order valence-corrected chi connectivity index (χ4v) is 11.4. The van der Waals surface area contributed by atoms with Crippen molar-refractivity contribution in [2.45, 2.75) is 106 Å². The summed E-state index contributed by atoms with van der Waals surface area (Å²) < 4.78 is 0. The van der Waals surface area contributed by atoms with Gasteiger partial charge in [0.1, 0.15) is 5.78 Å². The first kappa shape index (κ1) is 27.8. The number of rotatable bonds is 3. The van der Waals surface area contributed by atoms with Gasteiger partial charge in [0.2, 0.25) is 0 Å². The average Bonchev–Trinajstić information content (AvgIpc) is 2.76. The molecule has 0 amide bonds. The Morgan fingerprint density at radius 2 is 0.919 bits per heavy atom. The van der Waals surface area contributed by atoms with Crippen LogP contribution < -0.4 is 5.30 Å². The van der Waals surface area contributed by atoms with Gasteiger partial charge in [0.05, 0.1) is 0 Å². The van der Waals surface area contributed by atoms with Gasteiger partial charge in [-0.1, -0.05) is 65.9 Å². The molecule has 37 heavy (non-hydrogen) atoms. The Bertz CT molecular complexity index is 1270. The normalized spacial score (nSPS) is 17.4. The summed E-state index contributed by atoms with van der Waals surface area (Å²) in [6.07, 6.45) is 1.32. The minimum Gasteiger partial charge on any atom is -0.300 e. The second-order valence-electron chi connectivity index (χ2n) is 12.8. The number of carbonyl (C=O) groups excluding carboxylic acids is 1. The van der Waals surface area contributed by atoms with E-state index in [9.17, 15) is 4.79 Å². The molecule has 0 radical (unpaired) electrons. The quantitative estimate of drug-likeness (QED) is 0.319. The summed E-state index contributed by atoms with van der Waals surface area (Å²) in [5.74, 6) is 0.408. The lowest BCUT2D eigenvalue weighted by Gasteiger charge is -2.50. The van der Waals surface area contributed by atoms with Gasteiger partial charge in [0, 0.05) is 12.8 Å². The number of Topliss-reactive ketones (excluding diaryl/α,β-unsaturated/α-hetero) is 1. The topological polar surface area (TPSA) is 17.1 Å². The van der Waals surface area contributed by atoms with Gasteiger partial charge in [-0.2, -0.15) is 0 Å². The van der Waals surface area contributed by atoms with E-state index in [1.807, 2.05) is 0 Å². The Balaban J connectivity index is 2.23. The summed E-state index contributed by atoms with van der Waals surface area (Å²) in [5.41, 5.74) is 16.4. The molecule has 1 aliphatic heterocycles. The molecule has 0 aliphatic carbocycles. The smallest absolute Gasteiger partial charge is 0.134 e. The van der Waals surface area contributed by atoms with Crippen molar-refractivity contribution in [2.24, 2.45) is 0 Å². The predicted molar refractivity (Wildman–Crippen MR) is 164 cm³/mol. The van der Waals surface area contributed by atoms with Gasteiger partial charge in [-0.15, -0.1) is 0 Å². The predicted octanol–water partition coefficient (Wildman–Crippen LogP) is 9.52. The first-order valence-electron chi connectivity index (χ1n) is 13.7. The highest BCUT2D eigenvalue weighted by atomic mass is 31.1. The van der Waals surface area contributed by atoms with Gasteiger partial charge in [-0.3, -0.25) is 4.79 Å². The fourth-order valence-electron chi connectivity index (χ4n) is 7.04. The summed E-state index contributed by atoms with van der Waals surface area (Å²) in [4.78, 5) is 13.0. The first-order chi connectivity index (χ1) is 17.1. The third kappa shape index (κ3) is 4.63. The van der Waals surface area contributed by atoms with Gasteiger partial charge in [0.15, 0.2) is 0 Å². The van der Waals surface area contributed by atoms with E-state index < -0.39 is 7.92 Å². The Labute approximate surface area is 226 Å². The van der Waals surface area contributed by atoms with Crippen LogP contribution in [0, 0.1) is 55.4 Å². The zero-order valence-corrected chi connectivity index (χ0v) is 26.1. The molecule has 2 heteroatoms. The zero-order valence-electron chi connectivity index (χ0n) is 25.2. The summed E-state index contributed by atoms with van der Waals surface area (Å²) in [7, 11) is -0.678. The van der Waals surface area contributed by atoms with Crippen LogP contribution in [-0.2, 0) is 4.79 Å². The molecule has 0 atom stereocenters. The highest BCUT2D eigenvalue weighted by molar-refractivity contribution is 7.69. The lowest BCUT2D eigenvalue weighted by Crippen LogP contribution is -2.44. The molecule has 0 saturated carbocycles. The molecular weight excluding hydrogens is 467 g/mol. The van der Waals surface area contributed by atoms with E-state index in [1.54, 1.807) is 0 Å². The van der Waals surface area contributed by atoms with Gasteiger partial charge >= 0.3 is 0 Å². The van der Waals surface area contributed by atoms with Crippen LogP contribution in [0.25, 0.3) is 22.3 Å². The maximum absolute atomic E-state index is 13.0. The summed E-state index contributed by atoms with van der Waals surface area (Å²) in [6, 6.07) is 11.7.